The standard InChI is InChI=1S/C11H11ClN6O/c1-5-6(2)17-18-11(15-5)16-10(19)8-3-7(13)4-14-9(8)12/h3-4H,13H2,1-2H3,(H,15,16,18,19). The van der Waals surface area contributed by atoms with Crippen LogP contribution in [0.4, 0.5) is 11.6 Å². The van der Waals surface area contributed by atoms with Crippen molar-refractivity contribution >= 4 is 29.1 Å². The van der Waals surface area contributed by atoms with Gasteiger partial charge in [0.05, 0.1) is 28.8 Å². The first-order valence-electron chi connectivity index (χ1n) is 5.37. The Morgan fingerprint density at radius 2 is 2.05 bits per heavy atom. The summed E-state index contributed by atoms with van der Waals surface area (Å²) in [4.78, 5) is 19.9. The molecule has 0 aliphatic rings. The zero-order chi connectivity index (χ0) is 14.0. The Morgan fingerprint density at radius 1 is 1.32 bits per heavy atom. The second kappa shape index (κ2) is 5.15. The van der Waals surface area contributed by atoms with Crippen molar-refractivity contribution in [1.82, 2.24) is 20.2 Å². The van der Waals surface area contributed by atoms with Gasteiger partial charge in [-0.2, -0.15) is 5.10 Å². The monoisotopic (exact) mass is 278 g/mol. The average molecular weight is 279 g/mol. The lowest BCUT2D eigenvalue weighted by Gasteiger charge is -2.06. The van der Waals surface area contributed by atoms with Gasteiger partial charge in [0.15, 0.2) is 0 Å². The Labute approximate surface area is 114 Å². The average Bonchev–Trinajstić information content (AvgIpc) is 2.36. The Hall–Kier alpha value is -2.28. The maximum atomic E-state index is 12.0. The van der Waals surface area contributed by atoms with Gasteiger partial charge in [-0.1, -0.05) is 11.6 Å². The van der Waals surface area contributed by atoms with Crippen molar-refractivity contribution in [2.75, 3.05) is 11.1 Å². The maximum absolute atomic E-state index is 12.0. The number of nitrogens with one attached hydrogen (secondary N) is 1. The second-order valence-electron chi connectivity index (χ2n) is 3.87. The van der Waals surface area contributed by atoms with E-state index in [0.29, 0.717) is 17.1 Å². The van der Waals surface area contributed by atoms with Gasteiger partial charge in [-0.3, -0.25) is 10.1 Å². The molecule has 0 aliphatic carbocycles. The smallest absolute Gasteiger partial charge is 0.261 e. The van der Waals surface area contributed by atoms with Gasteiger partial charge in [-0.25, -0.2) is 9.97 Å². The molecule has 0 radical (unpaired) electrons. The van der Waals surface area contributed by atoms with Gasteiger partial charge < -0.3 is 5.73 Å². The summed E-state index contributed by atoms with van der Waals surface area (Å²) in [5, 5.41) is 10.2. The predicted molar refractivity (Wildman–Crippen MR) is 70.9 cm³/mol. The van der Waals surface area contributed by atoms with Crippen molar-refractivity contribution in [3.63, 3.8) is 0 Å². The van der Waals surface area contributed by atoms with Gasteiger partial charge in [0, 0.05) is 0 Å². The summed E-state index contributed by atoms with van der Waals surface area (Å²) in [6.07, 6.45) is 1.37. The van der Waals surface area contributed by atoms with Crippen LogP contribution < -0.4 is 11.1 Å². The summed E-state index contributed by atoms with van der Waals surface area (Å²) >= 11 is 5.83. The van der Waals surface area contributed by atoms with Crippen molar-refractivity contribution in [2.45, 2.75) is 13.8 Å². The summed E-state index contributed by atoms with van der Waals surface area (Å²) < 4.78 is 0. The van der Waals surface area contributed by atoms with Crippen LogP contribution in [0.1, 0.15) is 21.7 Å². The number of nitrogens with two attached hydrogens (primary N) is 1. The van der Waals surface area contributed by atoms with E-state index < -0.39 is 5.91 Å². The molecule has 3 N–H and O–H groups in total. The van der Waals surface area contributed by atoms with Gasteiger partial charge in [0.25, 0.3) is 5.91 Å². The van der Waals surface area contributed by atoms with Crippen LogP contribution in [0.25, 0.3) is 0 Å². The molecule has 0 bridgehead atoms. The lowest BCUT2D eigenvalue weighted by Crippen LogP contribution is -2.16. The largest absolute Gasteiger partial charge is 0.397 e. The number of rotatable bonds is 2. The number of carbonyl (C=O) groups is 1. The normalized spacial score (nSPS) is 10.3. The minimum Gasteiger partial charge on any atom is -0.397 e. The number of nitrogens with zero attached hydrogens (tertiary/aromatic N) is 4. The number of hydrogen-bond donors (Lipinski definition) is 2. The van der Waals surface area contributed by atoms with Crippen molar-refractivity contribution in [3.8, 4) is 0 Å². The van der Waals surface area contributed by atoms with Gasteiger partial charge >= 0.3 is 0 Å². The molecule has 7 nitrogen and oxygen atoms in total. The number of aromatic nitrogens is 4. The predicted octanol–water partition coefficient (Wildman–Crippen LogP) is 1.37. The van der Waals surface area contributed by atoms with Crippen LogP contribution in [0.2, 0.25) is 5.15 Å². The highest BCUT2D eigenvalue weighted by atomic mass is 35.5. The summed E-state index contributed by atoms with van der Waals surface area (Å²) in [6, 6.07) is 1.43. The van der Waals surface area contributed by atoms with Crippen LogP contribution in [-0.2, 0) is 0 Å². The van der Waals surface area contributed by atoms with Gasteiger partial charge in [-0.15, -0.1) is 5.10 Å². The number of nitrogen functional groups attached to an aromatic ring is 1. The zero-order valence-corrected chi connectivity index (χ0v) is 11.1. The van der Waals surface area contributed by atoms with E-state index >= 15 is 0 Å². The number of carbonyl (C=O) groups excluding carboxylic acids is 1. The van der Waals surface area contributed by atoms with Crippen LogP contribution in [0, 0.1) is 13.8 Å². The fourth-order valence-corrected chi connectivity index (χ4v) is 1.49. The topological polar surface area (TPSA) is 107 Å². The number of anilines is 2. The summed E-state index contributed by atoms with van der Waals surface area (Å²) in [5.41, 5.74) is 7.43. The molecule has 98 valence electrons. The molecule has 0 atom stereocenters. The Morgan fingerprint density at radius 3 is 2.74 bits per heavy atom. The summed E-state index contributed by atoms with van der Waals surface area (Å²) in [7, 11) is 0. The van der Waals surface area contributed by atoms with Gasteiger partial charge in [0.2, 0.25) is 5.95 Å². The van der Waals surface area contributed by atoms with Gasteiger partial charge in [0.1, 0.15) is 5.15 Å². The highest BCUT2D eigenvalue weighted by Crippen LogP contribution is 2.16. The lowest BCUT2D eigenvalue weighted by molar-refractivity contribution is 0.102. The van der Waals surface area contributed by atoms with E-state index in [1.165, 1.54) is 12.3 Å². The molecule has 0 saturated carbocycles. The highest BCUT2D eigenvalue weighted by molar-refractivity contribution is 6.33. The number of hydrogen-bond acceptors (Lipinski definition) is 6. The molecule has 8 heteroatoms. The third kappa shape index (κ3) is 2.94. The Balaban J connectivity index is 2.25. The van der Waals surface area contributed by atoms with E-state index in [4.69, 9.17) is 17.3 Å². The van der Waals surface area contributed by atoms with Crippen molar-refractivity contribution in [2.24, 2.45) is 0 Å². The van der Waals surface area contributed by atoms with Crippen LogP contribution >= 0.6 is 11.6 Å². The zero-order valence-electron chi connectivity index (χ0n) is 10.3. The minimum absolute atomic E-state index is 0.0588. The summed E-state index contributed by atoms with van der Waals surface area (Å²) in [5.74, 6) is -0.388. The maximum Gasteiger partial charge on any atom is 0.261 e. The van der Waals surface area contributed by atoms with E-state index in [1.807, 2.05) is 0 Å². The van der Waals surface area contributed by atoms with Gasteiger partial charge in [-0.05, 0) is 19.9 Å². The number of pyridine rings is 1. The van der Waals surface area contributed by atoms with Crippen LogP contribution in [0.15, 0.2) is 12.3 Å². The summed E-state index contributed by atoms with van der Waals surface area (Å²) in [6.45, 7) is 3.55. The third-order valence-electron chi connectivity index (χ3n) is 2.42. The molecule has 0 aromatic carbocycles. The lowest BCUT2D eigenvalue weighted by atomic mass is 10.2. The minimum atomic E-state index is -0.491. The Kier molecular flexibility index (Phi) is 3.57. The van der Waals surface area contributed by atoms with E-state index in [0.717, 1.165) is 0 Å². The van der Waals surface area contributed by atoms with Crippen LogP contribution in [0.5, 0.6) is 0 Å². The first-order chi connectivity index (χ1) is 8.97. The molecule has 1 amide bonds. The number of aryl methyl sites for hydroxylation is 2. The van der Waals surface area contributed by atoms with Crippen LogP contribution in [-0.4, -0.2) is 26.1 Å². The van der Waals surface area contributed by atoms with Crippen molar-refractivity contribution < 1.29 is 4.79 Å². The third-order valence-corrected chi connectivity index (χ3v) is 2.72. The molecular weight excluding hydrogens is 268 g/mol. The first kappa shape index (κ1) is 13.2. The van der Waals surface area contributed by atoms with E-state index in [9.17, 15) is 4.79 Å². The molecular formula is C11H11ClN6O. The Bertz CT molecular complexity index is 645. The fourth-order valence-electron chi connectivity index (χ4n) is 1.30. The van der Waals surface area contributed by atoms with E-state index in [2.05, 4.69) is 25.5 Å². The molecule has 0 aliphatic heterocycles. The molecule has 0 saturated heterocycles. The van der Waals surface area contributed by atoms with E-state index in [-0.39, 0.29) is 16.7 Å². The second-order valence-corrected chi connectivity index (χ2v) is 4.23. The van der Waals surface area contributed by atoms with Crippen molar-refractivity contribution in [3.05, 3.63) is 34.4 Å². The molecule has 0 fully saturated rings. The quantitative estimate of drug-likeness (QED) is 0.804. The highest BCUT2D eigenvalue weighted by Gasteiger charge is 2.14. The molecule has 2 rings (SSSR count). The molecule has 2 heterocycles. The first-order valence-corrected chi connectivity index (χ1v) is 5.75. The SMILES string of the molecule is Cc1nnc(NC(=O)c2cc(N)cnc2Cl)nc1C. The molecule has 2 aromatic heterocycles. The number of halogens is 1. The van der Waals surface area contributed by atoms with Crippen molar-refractivity contribution in [1.29, 1.82) is 0 Å². The molecule has 0 unspecified atom stereocenters. The number of amides is 1. The molecule has 19 heavy (non-hydrogen) atoms. The molecule has 0 spiro atoms. The fraction of sp³-hybridized carbons (Fsp3) is 0.182. The van der Waals surface area contributed by atoms with E-state index in [1.54, 1.807) is 13.8 Å². The molecule has 2 aromatic rings. The van der Waals surface area contributed by atoms with Crippen LogP contribution in [0.3, 0.4) is 0 Å².